The molecular weight excluding hydrogens is 436 g/mol. The van der Waals surface area contributed by atoms with Crippen LogP contribution in [0.15, 0.2) is 77.7 Å². The first kappa shape index (κ1) is 23.4. The second-order valence-electron chi connectivity index (χ2n) is 7.34. The maximum Gasteiger partial charge on any atom is 0.339 e. The molecule has 0 aliphatic rings. The van der Waals surface area contributed by atoms with E-state index in [4.69, 9.17) is 4.18 Å². The van der Waals surface area contributed by atoms with Crippen molar-refractivity contribution in [1.29, 1.82) is 0 Å². The van der Waals surface area contributed by atoms with E-state index in [2.05, 4.69) is 0 Å². The zero-order valence-electron chi connectivity index (χ0n) is 17.7. The molecule has 0 aliphatic carbocycles. The molecule has 0 aliphatic heterocycles. The second-order valence-corrected chi connectivity index (χ2v) is 8.88. The van der Waals surface area contributed by atoms with Crippen LogP contribution < -0.4 is 4.18 Å². The van der Waals surface area contributed by atoms with Crippen molar-refractivity contribution in [3.63, 3.8) is 0 Å². The van der Waals surface area contributed by atoms with Gasteiger partial charge in [-0.1, -0.05) is 25.1 Å². The van der Waals surface area contributed by atoms with E-state index in [1.54, 1.807) is 23.1 Å². The van der Waals surface area contributed by atoms with Crippen molar-refractivity contribution < 1.29 is 26.2 Å². The molecule has 3 aromatic rings. The molecule has 1 amide bonds. The van der Waals surface area contributed by atoms with Crippen molar-refractivity contribution in [2.45, 2.75) is 37.8 Å². The van der Waals surface area contributed by atoms with Gasteiger partial charge in [-0.2, -0.15) is 8.42 Å². The largest absolute Gasteiger partial charge is 0.379 e. The van der Waals surface area contributed by atoms with E-state index in [0.717, 1.165) is 29.8 Å². The Kier molecular flexibility index (Phi) is 7.25. The fraction of sp³-hybridized carbons (Fsp3) is 0.208. The average molecular weight is 460 g/mol. The van der Waals surface area contributed by atoms with E-state index in [9.17, 15) is 22.0 Å². The fourth-order valence-electron chi connectivity index (χ4n) is 3.06. The van der Waals surface area contributed by atoms with Crippen molar-refractivity contribution in [3.8, 4) is 5.75 Å². The van der Waals surface area contributed by atoms with Crippen LogP contribution in [0.5, 0.6) is 5.75 Å². The molecule has 0 aromatic heterocycles. The van der Waals surface area contributed by atoms with E-state index < -0.39 is 21.8 Å². The van der Waals surface area contributed by atoms with Gasteiger partial charge in [0.2, 0.25) is 0 Å². The molecule has 5 nitrogen and oxygen atoms in total. The molecule has 0 radical (unpaired) electrons. The number of hydrogen-bond acceptors (Lipinski definition) is 4. The van der Waals surface area contributed by atoms with E-state index in [-0.39, 0.29) is 34.7 Å². The van der Waals surface area contributed by atoms with Crippen LogP contribution in [0.25, 0.3) is 0 Å². The Morgan fingerprint density at radius 2 is 1.62 bits per heavy atom. The van der Waals surface area contributed by atoms with Crippen LogP contribution in [0.2, 0.25) is 0 Å². The standard InChI is InChI=1S/C24H23F2NO4S/c1-3-17(2)27(24(28)19-5-4-6-21(26)15-19)16-18-7-11-22(12-8-18)31-32(29,30)23-13-9-20(25)10-14-23/h4-15,17H,3,16H2,1-2H3. The minimum Gasteiger partial charge on any atom is -0.379 e. The van der Waals surface area contributed by atoms with Crippen molar-refractivity contribution in [2.75, 3.05) is 0 Å². The zero-order valence-corrected chi connectivity index (χ0v) is 18.5. The highest BCUT2D eigenvalue weighted by atomic mass is 32.2. The lowest BCUT2D eigenvalue weighted by atomic mass is 10.1. The molecule has 0 bridgehead atoms. The highest BCUT2D eigenvalue weighted by Crippen LogP contribution is 2.22. The Morgan fingerprint density at radius 1 is 0.969 bits per heavy atom. The third-order valence-electron chi connectivity index (χ3n) is 5.04. The lowest BCUT2D eigenvalue weighted by Crippen LogP contribution is -2.37. The average Bonchev–Trinajstić information content (AvgIpc) is 2.77. The summed E-state index contributed by atoms with van der Waals surface area (Å²) in [5, 5.41) is 0. The number of amides is 1. The Morgan fingerprint density at radius 3 is 2.22 bits per heavy atom. The quantitative estimate of drug-likeness (QED) is 0.436. The SMILES string of the molecule is CCC(C)N(Cc1ccc(OS(=O)(=O)c2ccc(F)cc2)cc1)C(=O)c1cccc(F)c1. The van der Waals surface area contributed by atoms with Gasteiger partial charge < -0.3 is 9.08 Å². The van der Waals surface area contributed by atoms with E-state index >= 15 is 0 Å². The van der Waals surface area contributed by atoms with Crippen molar-refractivity contribution in [1.82, 2.24) is 4.90 Å². The molecule has 32 heavy (non-hydrogen) atoms. The van der Waals surface area contributed by atoms with Gasteiger partial charge in [0.05, 0.1) is 0 Å². The Bertz CT molecular complexity index is 1180. The summed E-state index contributed by atoms with van der Waals surface area (Å²) in [6.07, 6.45) is 0.707. The highest BCUT2D eigenvalue weighted by molar-refractivity contribution is 7.87. The molecule has 1 atom stereocenters. The lowest BCUT2D eigenvalue weighted by molar-refractivity contribution is 0.0671. The number of carbonyl (C=O) groups excluding carboxylic acids is 1. The van der Waals surface area contributed by atoms with Crippen LogP contribution in [-0.4, -0.2) is 25.3 Å². The number of benzene rings is 3. The normalized spacial score (nSPS) is 12.2. The van der Waals surface area contributed by atoms with Crippen LogP contribution in [0.4, 0.5) is 8.78 Å². The zero-order chi connectivity index (χ0) is 23.3. The molecule has 0 fully saturated rings. The van der Waals surface area contributed by atoms with Gasteiger partial charge >= 0.3 is 10.1 Å². The van der Waals surface area contributed by atoms with E-state index in [1.807, 2.05) is 13.8 Å². The van der Waals surface area contributed by atoms with Crippen molar-refractivity contribution in [3.05, 3.63) is 95.6 Å². The number of rotatable bonds is 8. The summed E-state index contributed by atoms with van der Waals surface area (Å²) in [6, 6.07) is 16.1. The molecule has 8 heteroatoms. The molecule has 0 saturated heterocycles. The second kappa shape index (κ2) is 9.91. The van der Waals surface area contributed by atoms with E-state index in [1.165, 1.54) is 30.3 Å². The smallest absolute Gasteiger partial charge is 0.339 e. The minimum absolute atomic E-state index is 0.0876. The summed E-state index contributed by atoms with van der Waals surface area (Å²) in [6.45, 7) is 4.12. The maximum absolute atomic E-state index is 13.6. The molecule has 168 valence electrons. The van der Waals surface area contributed by atoms with Gasteiger partial charge in [-0.3, -0.25) is 4.79 Å². The number of nitrogens with zero attached hydrogens (tertiary/aromatic N) is 1. The summed E-state index contributed by atoms with van der Waals surface area (Å²) in [4.78, 5) is 14.4. The molecule has 0 spiro atoms. The molecule has 1 unspecified atom stereocenters. The van der Waals surface area contributed by atoms with Gasteiger partial charge in [0.15, 0.2) is 0 Å². The van der Waals surface area contributed by atoms with Crippen LogP contribution in [0, 0.1) is 11.6 Å². The summed E-state index contributed by atoms with van der Waals surface area (Å²) in [5.41, 5.74) is 1.01. The van der Waals surface area contributed by atoms with Gasteiger partial charge in [0.1, 0.15) is 22.3 Å². The first-order valence-electron chi connectivity index (χ1n) is 10.0. The van der Waals surface area contributed by atoms with Gasteiger partial charge in [-0.15, -0.1) is 0 Å². The first-order valence-corrected chi connectivity index (χ1v) is 11.5. The monoisotopic (exact) mass is 459 g/mol. The van der Waals surface area contributed by atoms with Crippen LogP contribution in [-0.2, 0) is 16.7 Å². The molecule has 3 rings (SSSR count). The molecule has 0 N–H and O–H groups in total. The topological polar surface area (TPSA) is 63.7 Å². The first-order chi connectivity index (χ1) is 15.2. The van der Waals surface area contributed by atoms with Crippen LogP contribution in [0.3, 0.4) is 0 Å². The fourth-order valence-corrected chi connectivity index (χ4v) is 3.99. The highest BCUT2D eigenvalue weighted by Gasteiger charge is 2.22. The van der Waals surface area contributed by atoms with Gasteiger partial charge in [-0.25, -0.2) is 8.78 Å². The molecule has 3 aromatic carbocycles. The summed E-state index contributed by atoms with van der Waals surface area (Å²) in [5.74, 6) is -1.24. The van der Waals surface area contributed by atoms with Crippen molar-refractivity contribution in [2.24, 2.45) is 0 Å². The van der Waals surface area contributed by atoms with E-state index in [0.29, 0.717) is 6.42 Å². The summed E-state index contributed by atoms with van der Waals surface area (Å²) >= 11 is 0. The predicted molar refractivity (Wildman–Crippen MR) is 117 cm³/mol. The molecular formula is C24H23F2NO4S. The van der Waals surface area contributed by atoms with Gasteiger partial charge in [0, 0.05) is 18.2 Å². The van der Waals surface area contributed by atoms with Gasteiger partial charge in [0.25, 0.3) is 5.91 Å². The third-order valence-corrected chi connectivity index (χ3v) is 6.30. The predicted octanol–water partition coefficient (Wildman–Crippen LogP) is 5.17. The van der Waals surface area contributed by atoms with Crippen molar-refractivity contribution >= 4 is 16.0 Å². The summed E-state index contributed by atoms with van der Waals surface area (Å²) < 4.78 is 56.4. The Balaban J connectivity index is 1.76. The Hall–Kier alpha value is -3.26. The molecule has 0 saturated carbocycles. The maximum atomic E-state index is 13.6. The number of halogens is 2. The van der Waals surface area contributed by atoms with Crippen LogP contribution >= 0.6 is 0 Å². The summed E-state index contributed by atoms with van der Waals surface area (Å²) in [7, 11) is -4.10. The number of hydrogen-bond donors (Lipinski definition) is 0. The molecule has 0 heterocycles. The number of carbonyl (C=O) groups is 1. The van der Waals surface area contributed by atoms with Gasteiger partial charge in [-0.05, 0) is 73.5 Å². The van der Waals surface area contributed by atoms with Crippen LogP contribution in [0.1, 0.15) is 36.2 Å². The minimum atomic E-state index is -4.10. The third kappa shape index (κ3) is 5.70. The Labute approximate surface area is 186 Å². The lowest BCUT2D eigenvalue weighted by Gasteiger charge is -2.29.